The van der Waals surface area contributed by atoms with Crippen LogP contribution >= 0.6 is 11.8 Å². The van der Waals surface area contributed by atoms with Crippen molar-refractivity contribution in [3.05, 3.63) is 29.8 Å². The van der Waals surface area contributed by atoms with Crippen LogP contribution in [0.15, 0.2) is 29.2 Å². The van der Waals surface area contributed by atoms with Gasteiger partial charge in [-0.1, -0.05) is 24.1 Å². The molecule has 1 aromatic carbocycles. The Bertz CT molecular complexity index is 246. The van der Waals surface area contributed by atoms with Crippen molar-refractivity contribution in [1.82, 2.24) is 0 Å². The predicted molar refractivity (Wildman–Crippen MR) is 54.7 cm³/mol. The fourth-order valence-electron chi connectivity index (χ4n) is 1.30. The van der Waals surface area contributed by atoms with Crippen molar-refractivity contribution in [1.29, 1.82) is 0 Å². The van der Waals surface area contributed by atoms with Gasteiger partial charge >= 0.3 is 0 Å². The van der Waals surface area contributed by atoms with Gasteiger partial charge in [0, 0.05) is 10.1 Å². The molecule has 0 aliphatic heterocycles. The van der Waals surface area contributed by atoms with Crippen LogP contribution in [0.1, 0.15) is 24.8 Å². The van der Waals surface area contributed by atoms with Gasteiger partial charge in [-0.15, -0.1) is 11.8 Å². The second-order valence-electron chi connectivity index (χ2n) is 3.48. The van der Waals surface area contributed by atoms with E-state index in [4.69, 9.17) is 0 Å². The molecule has 1 aliphatic carbocycles. The lowest BCUT2D eigenvalue weighted by atomic mass is 10.0. The molecule has 1 aliphatic rings. The monoisotopic (exact) mass is 178 g/mol. The van der Waals surface area contributed by atoms with Crippen molar-refractivity contribution in [3.63, 3.8) is 0 Å². The number of rotatable bonds is 2. The van der Waals surface area contributed by atoms with Crippen LogP contribution < -0.4 is 0 Å². The van der Waals surface area contributed by atoms with Gasteiger partial charge in [-0.05, 0) is 31.9 Å². The van der Waals surface area contributed by atoms with E-state index in [2.05, 4.69) is 31.2 Å². The molecule has 1 aromatic rings. The van der Waals surface area contributed by atoms with Crippen LogP contribution in [0.25, 0.3) is 0 Å². The Kier molecular flexibility index (Phi) is 2.40. The lowest BCUT2D eigenvalue weighted by molar-refractivity contribution is 0.522. The molecule has 0 radical (unpaired) electrons. The fraction of sp³-hybridized carbons (Fsp3) is 0.455. The third kappa shape index (κ3) is 1.84. The zero-order chi connectivity index (χ0) is 8.39. The van der Waals surface area contributed by atoms with Gasteiger partial charge in [0.2, 0.25) is 0 Å². The van der Waals surface area contributed by atoms with E-state index in [1.807, 2.05) is 11.8 Å². The smallest absolute Gasteiger partial charge is 0.00944 e. The first-order valence-corrected chi connectivity index (χ1v) is 5.46. The molecule has 0 bridgehead atoms. The Morgan fingerprint density at radius 3 is 2.33 bits per heavy atom. The first-order chi connectivity index (χ1) is 5.84. The molecule has 0 unspecified atom stereocenters. The number of hydrogen-bond donors (Lipinski definition) is 0. The number of thioether (sulfide) groups is 1. The summed E-state index contributed by atoms with van der Waals surface area (Å²) in [6, 6.07) is 8.86. The Morgan fingerprint density at radius 1 is 1.17 bits per heavy atom. The van der Waals surface area contributed by atoms with E-state index in [0.717, 1.165) is 5.25 Å². The van der Waals surface area contributed by atoms with Crippen molar-refractivity contribution >= 4 is 11.8 Å². The molecule has 1 saturated carbocycles. The minimum atomic E-state index is 0.910. The molecule has 1 fully saturated rings. The summed E-state index contributed by atoms with van der Waals surface area (Å²) in [4.78, 5) is 1.44. The second kappa shape index (κ2) is 3.53. The molecule has 0 nitrogen and oxygen atoms in total. The summed E-state index contributed by atoms with van der Waals surface area (Å²) in [6.45, 7) is 2.14. The first kappa shape index (κ1) is 8.18. The van der Waals surface area contributed by atoms with Crippen LogP contribution in [0.3, 0.4) is 0 Å². The van der Waals surface area contributed by atoms with Gasteiger partial charge in [0.1, 0.15) is 0 Å². The maximum absolute atomic E-state index is 2.23. The minimum Gasteiger partial charge on any atom is -0.123 e. The van der Waals surface area contributed by atoms with Gasteiger partial charge in [-0.3, -0.25) is 0 Å². The van der Waals surface area contributed by atoms with E-state index >= 15 is 0 Å². The van der Waals surface area contributed by atoms with E-state index in [1.165, 1.54) is 29.7 Å². The van der Waals surface area contributed by atoms with Crippen LogP contribution in [0.5, 0.6) is 0 Å². The van der Waals surface area contributed by atoms with Crippen molar-refractivity contribution < 1.29 is 0 Å². The molecular formula is C11H14S. The van der Waals surface area contributed by atoms with Crippen LogP contribution in [0.2, 0.25) is 0 Å². The highest BCUT2D eigenvalue weighted by Gasteiger charge is 2.17. The van der Waals surface area contributed by atoms with Gasteiger partial charge in [-0.25, -0.2) is 0 Å². The lowest BCUT2D eigenvalue weighted by Gasteiger charge is -2.24. The third-order valence-electron chi connectivity index (χ3n) is 2.38. The normalized spacial score (nSPS) is 17.4. The van der Waals surface area contributed by atoms with Gasteiger partial charge in [0.15, 0.2) is 0 Å². The predicted octanol–water partition coefficient (Wildman–Crippen LogP) is 3.64. The van der Waals surface area contributed by atoms with Crippen molar-refractivity contribution in [2.24, 2.45) is 0 Å². The summed E-state index contributed by atoms with van der Waals surface area (Å²) in [5, 5.41) is 0.910. The van der Waals surface area contributed by atoms with Gasteiger partial charge in [-0.2, -0.15) is 0 Å². The third-order valence-corrected chi connectivity index (χ3v) is 3.73. The first-order valence-electron chi connectivity index (χ1n) is 4.58. The molecule has 0 saturated heterocycles. The van der Waals surface area contributed by atoms with Crippen LogP contribution in [-0.2, 0) is 0 Å². The number of hydrogen-bond acceptors (Lipinski definition) is 1. The van der Waals surface area contributed by atoms with E-state index < -0.39 is 0 Å². The zero-order valence-corrected chi connectivity index (χ0v) is 8.23. The number of aryl methyl sites for hydroxylation is 1. The van der Waals surface area contributed by atoms with Gasteiger partial charge in [0.25, 0.3) is 0 Å². The topological polar surface area (TPSA) is 0 Å². The highest BCUT2D eigenvalue weighted by molar-refractivity contribution is 8.00. The maximum atomic E-state index is 2.23. The summed E-state index contributed by atoms with van der Waals surface area (Å²) in [5.74, 6) is 0. The molecule has 0 aromatic heterocycles. The minimum absolute atomic E-state index is 0.910. The molecule has 0 N–H and O–H groups in total. The highest BCUT2D eigenvalue weighted by Crippen LogP contribution is 2.36. The summed E-state index contributed by atoms with van der Waals surface area (Å²) >= 11 is 2.04. The maximum Gasteiger partial charge on any atom is 0.00944 e. The van der Waals surface area contributed by atoms with Crippen molar-refractivity contribution in [3.8, 4) is 0 Å². The summed E-state index contributed by atoms with van der Waals surface area (Å²) in [7, 11) is 0. The summed E-state index contributed by atoms with van der Waals surface area (Å²) in [6.07, 6.45) is 4.26. The highest BCUT2D eigenvalue weighted by atomic mass is 32.2. The fourth-order valence-corrected chi connectivity index (χ4v) is 2.55. The second-order valence-corrected chi connectivity index (χ2v) is 4.86. The Hall–Kier alpha value is -0.430. The molecular weight excluding hydrogens is 164 g/mol. The van der Waals surface area contributed by atoms with Gasteiger partial charge in [0.05, 0.1) is 0 Å². The lowest BCUT2D eigenvalue weighted by Crippen LogP contribution is -2.12. The Balaban J connectivity index is 1.98. The van der Waals surface area contributed by atoms with Crippen LogP contribution in [-0.4, -0.2) is 5.25 Å². The Morgan fingerprint density at radius 2 is 1.83 bits per heavy atom. The van der Waals surface area contributed by atoms with E-state index in [1.54, 1.807) is 0 Å². The molecule has 64 valence electrons. The SMILES string of the molecule is Cc1ccc(SC2CCC2)cc1. The summed E-state index contributed by atoms with van der Waals surface area (Å²) in [5.41, 5.74) is 1.35. The van der Waals surface area contributed by atoms with E-state index in [9.17, 15) is 0 Å². The number of benzene rings is 1. The van der Waals surface area contributed by atoms with Crippen LogP contribution in [0.4, 0.5) is 0 Å². The van der Waals surface area contributed by atoms with E-state index in [-0.39, 0.29) is 0 Å². The van der Waals surface area contributed by atoms with Crippen molar-refractivity contribution in [2.45, 2.75) is 36.3 Å². The average Bonchev–Trinajstić information content (AvgIpc) is 2.00. The molecule has 0 atom stereocenters. The van der Waals surface area contributed by atoms with E-state index in [0.29, 0.717) is 0 Å². The van der Waals surface area contributed by atoms with Gasteiger partial charge < -0.3 is 0 Å². The van der Waals surface area contributed by atoms with Crippen molar-refractivity contribution in [2.75, 3.05) is 0 Å². The Labute approximate surface area is 78.4 Å². The molecule has 2 rings (SSSR count). The summed E-state index contributed by atoms with van der Waals surface area (Å²) < 4.78 is 0. The molecule has 0 amide bonds. The molecule has 1 heteroatoms. The largest absolute Gasteiger partial charge is 0.123 e. The quantitative estimate of drug-likeness (QED) is 0.666. The average molecular weight is 178 g/mol. The zero-order valence-electron chi connectivity index (χ0n) is 7.42. The molecule has 0 spiro atoms. The molecule has 12 heavy (non-hydrogen) atoms. The van der Waals surface area contributed by atoms with Crippen LogP contribution in [0, 0.1) is 6.92 Å². The standard InChI is InChI=1S/C11H14S/c1-9-5-7-11(8-6-9)12-10-3-2-4-10/h5-8,10H,2-4H2,1H3. The molecule has 0 heterocycles.